The van der Waals surface area contributed by atoms with Gasteiger partial charge in [-0.2, -0.15) is 0 Å². The van der Waals surface area contributed by atoms with Crippen molar-refractivity contribution < 1.29 is 14.3 Å². The SMILES string of the molecule is C#CCN(CC1CC1)C(=O)C(N)C(=O)OCC. The highest BCUT2D eigenvalue weighted by atomic mass is 16.5. The van der Waals surface area contributed by atoms with Crippen LogP contribution in [-0.2, 0) is 14.3 Å². The Morgan fingerprint density at radius 3 is 2.71 bits per heavy atom. The zero-order valence-corrected chi connectivity index (χ0v) is 10.0. The summed E-state index contributed by atoms with van der Waals surface area (Å²) in [4.78, 5) is 24.7. The van der Waals surface area contributed by atoms with Crippen molar-refractivity contribution in [3.8, 4) is 12.3 Å². The first kappa shape index (κ1) is 13.5. The molecule has 1 fully saturated rings. The molecule has 0 aromatic carbocycles. The summed E-state index contributed by atoms with van der Waals surface area (Å²) in [5.41, 5.74) is 5.54. The van der Waals surface area contributed by atoms with E-state index >= 15 is 0 Å². The molecule has 94 valence electrons. The van der Waals surface area contributed by atoms with Crippen LogP contribution in [0.3, 0.4) is 0 Å². The van der Waals surface area contributed by atoms with E-state index in [1.807, 2.05) is 0 Å². The van der Waals surface area contributed by atoms with Crippen molar-refractivity contribution in [3.05, 3.63) is 0 Å². The zero-order valence-electron chi connectivity index (χ0n) is 10.0. The van der Waals surface area contributed by atoms with E-state index in [2.05, 4.69) is 5.92 Å². The molecule has 1 atom stereocenters. The number of ether oxygens (including phenoxy) is 1. The van der Waals surface area contributed by atoms with Crippen molar-refractivity contribution >= 4 is 11.9 Å². The number of carbonyl (C=O) groups is 2. The number of hydrogen-bond donors (Lipinski definition) is 1. The van der Waals surface area contributed by atoms with E-state index in [0.717, 1.165) is 12.8 Å². The predicted octanol–water partition coefficient (Wildman–Crippen LogP) is -0.251. The van der Waals surface area contributed by atoms with Crippen LogP contribution in [0, 0.1) is 18.3 Å². The normalized spacial score (nSPS) is 15.8. The number of amides is 1. The van der Waals surface area contributed by atoms with Gasteiger partial charge in [0.25, 0.3) is 5.91 Å². The molecule has 0 saturated heterocycles. The molecule has 0 heterocycles. The number of terminal acetylenes is 1. The number of esters is 1. The number of nitrogens with zero attached hydrogens (tertiary/aromatic N) is 1. The third-order valence-corrected chi connectivity index (χ3v) is 2.58. The predicted molar refractivity (Wildman–Crippen MR) is 62.7 cm³/mol. The lowest BCUT2D eigenvalue weighted by atomic mass is 10.2. The van der Waals surface area contributed by atoms with Crippen LogP contribution in [0.5, 0.6) is 0 Å². The molecule has 1 aliphatic carbocycles. The van der Waals surface area contributed by atoms with Crippen LogP contribution in [0.4, 0.5) is 0 Å². The van der Waals surface area contributed by atoms with Gasteiger partial charge in [-0.1, -0.05) is 5.92 Å². The second kappa shape index (κ2) is 6.26. The molecule has 0 bridgehead atoms. The van der Waals surface area contributed by atoms with Crippen LogP contribution in [0.1, 0.15) is 19.8 Å². The van der Waals surface area contributed by atoms with E-state index in [9.17, 15) is 9.59 Å². The molecular formula is C12H18N2O3. The first-order valence-electron chi connectivity index (χ1n) is 5.74. The monoisotopic (exact) mass is 238 g/mol. The lowest BCUT2D eigenvalue weighted by molar-refractivity contribution is -0.150. The Morgan fingerprint density at radius 2 is 2.24 bits per heavy atom. The van der Waals surface area contributed by atoms with Gasteiger partial charge in [0.1, 0.15) is 0 Å². The Labute approximate surface area is 101 Å². The highest BCUT2D eigenvalue weighted by Gasteiger charge is 2.32. The Balaban J connectivity index is 2.55. The molecule has 1 aliphatic rings. The van der Waals surface area contributed by atoms with Gasteiger partial charge < -0.3 is 15.4 Å². The molecule has 1 amide bonds. The molecule has 5 nitrogen and oxygen atoms in total. The smallest absolute Gasteiger partial charge is 0.332 e. The highest BCUT2D eigenvalue weighted by Crippen LogP contribution is 2.29. The fraction of sp³-hybridized carbons (Fsp3) is 0.667. The van der Waals surface area contributed by atoms with E-state index in [1.54, 1.807) is 6.92 Å². The Morgan fingerprint density at radius 1 is 1.59 bits per heavy atom. The summed E-state index contributed by atoms with van der Waals surface area (Å²) < 4.78 is 4.71. The molecule has 17 heavy (non-hydrogen) atoms. The van der Waals surface area contributed by atoms with Crippen molar-refractivity contribution in [2.45, 2.75) is 25.8 Å². The Bertz CT molecular complexity index is 331. The van der Waals surface area contributed by atoms with E-state index < -0.39 is 17.9 Å². The van der Waals surface area contributed by atoms with E-state index in [0.29, 0.717) is 12.5 Å². The van der Waals surface area contributed by atoms with Crippen molar-refractivity contribution in [2.24, 2.45) is 11.7 Å². The summed E-state index contributed by atoms with van der Waals surface area (Å²) in [6, 6.07) is -1.26. The fourth-order valence-corrected chi connectivity index (χ4v) is 1.48. The van der Waals surface area contributed by atoms with Gasteiger partial charge >= 0.3 is 5.97 Å². The lowest BCUT2D eigenvalue weighted by Gasteiger charge is -2.22. The van der Waals surface area contributed by atoms with Gasteiger partial charge in [0.2, 0.25) is 0 Å². The molecule has 1 saturated carbocycles. The standard InChI is InChI=1S/C12H18N2O3/c1-3-7-14(8-9-5-6-9)11(15)10(13)12(16)17-4-2/h1,9-10H,4-8,13H2,2H3. The van der Waals surface area contributed by atoms with Crippen LogP contribution in [0.25, 0.3) is 0 Å². The summed E-state index contributed by atoms with van der Waals surface area (Å²) in [5.74, 6) is 1.76. The average molecular weight is 238 g/mol. The Hall–Kier alpha value is -1.54. The average Bonchev–Trinajstić information content (AvgIpc) is 3.11. The number of rotatable bonds is 6. The molecule has 0 spiro atoms. The maximum atomic E-state index is 11.9. The molecule has 1 rings (SSSR count). The maximum absolute atomic E-state index is 11.9. The van der Waals surface area contributed by atoms with E-state index in [-0.39, 0.29) is 13.2 Å². The fourth-order valence-electron chi connectivity index (χ4n) is 1.48. The van der Waals surface area contributed by atoms with E-state index in [1.165, 1.54) is 4.90 Å². The number of carbonyl (C=O) groups excluding carboxylic acids is 2. The van der Waals surface area contributed by atoms with Crippen LogP contribution < -0.4 is 5.73 Å². The van der Waals surface area contributed by atoms with Gasteiger partial charge in [-0.25, -0.2) is 4.79 Å². The van der Waals surface area contributed by atoms with Crippen molar-refractivity contribution in [1.29, 1.82) is 0 Å². The highest BCUT2D eigenvalue weighted by molar-refractivity contribution is 6.01. The third-order valence-electron chi connectivity index (χ3n) is 2.58. The second-order valence-corrected chi connectivity index (χ2v) is 4.10. The minimum absolute atomic E-state index is 0.183. The number of hydrogen-bond acceptors (Lipinski definition) is 4. The van der Waals surface area contributed by atoms with Gasteiger partial charge in [0, 0.05) is 6.54 Å². The van der Waals surface area contributed by atoms with Gasteiger partial charge in [-0.3, -0.25) is 4.79 Å². The molecule has 0 aromatic rings. The van der Waals surface area contributed by atoms with E-state index in [4.69, 9.17) is 16.9 Å². The van der Waals surface area contributed by atoms with Crippen LogP contribution in [0.15, 0.2) is 0 Å². The summed E-state index contributed by atoms with van der Waals surface area (Å²) in [7, 11) is 0. The minimum Gasteiger partial charge on any atom is -0.464 e. The molecular weight excluding hydrogens is 220 g/mol. The van der Waals surface area contributed by atoms with Crippen LogP contribution in [-0.4, -0.2) is 42.5 Å². The summed E-state index contributed by atoms with van der Waals surface area (Å²) in [6.45, 7) is 2.63. The zero-order chi connectivity index (χ0) is 12.8. The lowest BCUT2D eigenvalue weighted by Crippen LogP contribution is -2.49. The van der Waals surface area contributed by atoms with Crippen molar-refractivity contribution in [1.82, 2.24) is 4.90 Å². The topological polar surface area (TPSA) is 72.6 Å². The molecule has 5 heteroatoms. The number of nitrogens with two attached hydrogens (primary N) is 1. The first-order chi connectivity index (χ1) is 8.10. The van der Waals surface area contributed by atoms with Gasteiger partial charge in [0.05, 0.1) is 13.2 Å². The molecule has 1 unspecified atom stereocenters. The first-order valence-corrected chi connectivity index (χ1v) is 5.74. The Kier molecular flexibility index (Phi) is 4.98. The summed E-state index contributed by atoms with van der Waals surface area (Å²) in [5, 5.41) is 0. The van der Waals surface area contributed by atoms with Gasteiger partial charge in [0.15, 0.2) is 6.04 Å². The van der Waals surface area contributed by atoms with Crippen molar-refractivity contribution in [2.75, 3.05) is 19.7 Å². The molecule has 0 aliphatic heterocycles. The second-order valence-electron chi connectivity index (χ2n) is 4.10. The summed E-state index contributed by atoms with van der Waals surface area (Å²) in [6.07, 6.45) is 7.40. The molecule has 0 radical (unpaired) electrons. The summed E-state index contributed by atoms with van der Waals surface area (Å²) >= 11 is 0. The third kappa shape index (κ3) is 4.08. The molecule has 2 N–H and O–H groups in total. The van der Waals surface area contributed by atoms with Gasteiger partial charge in [-0.05, 0) is 25.7 Å². The van der Waals surface area contributed by atoms with Gasteiger partial charge in [-0.15, -0.1) is 6.42 Å². The molecule has 0 aromatic heterocycles. The van der Waals surface area contributed by atoms with Crippen molar-refractivity contribution in [3.63, 3.8) is 0 Å². The quantitative estimate of drug-likeness (QED) is 0.393. The largest absolute Gasteiger partial charge is 0.464 e. The van der Waals surface area contributed by atoms with Crippen LogP contribution in [0.2, 0.25) is 0 Å². The maximum Gasteiger partial charge on any atom is 0.332 e. The van der Waals surface area contributed by atoms with Crippen LogP contribution >= 0.6 is 0 Å². The minimum atomic E-state index is -1.26.